The second kappa shape index (κ2) is 7.78. The molecule has 9 nitrogen and oxygen atoms in total. The standard InChI is InChI=1S/C31H24N6O3/c1-4-36-24-12-8-6-10-21(24)30(28(36)39)18-35(2)31(29(30,16-32)17-33)22-15-19(40-3)13-14-25(22)37-26(38)20-9-5-7-11-23(20)34-27(31)37/h5-15H,4,18H2,1-3H3/t30-,31?/m1/s1. The third-order valence-electron chi connectivity index (χ3n) is 9.08. The third-order valence-corrected chi connectivity index (χ3v) is 9.08. The molecule has 1 unspecified atom stereocenters. The Morgan fingerprint density at radius 2 is 1.70 bits per heavy atom. The second-order valence-corrected chi connectivity index (χ2v) is 10.5. The number of hydrogen-bond donors (Lipinski definition) is 0. The number of fused-ring (bicyclic) bond motifs is 8. The Labute approximate surface area is 230 Å². The Morgan fingerprint density at radius 1 is 0.975 bits per heavy atom. The molecule has 0 saturated carbocycles. The Balaban J connectivity index is 1.70. The number of likely N-dealkylation sites (N-methyl/N-ethyl adjacent to an activating group) is 2. The maximum atomic E-state index is 14.5. The molecule has 0 aliphatic carbocycles. The number of para-hydroxylation sites is 2. The zero-order valence-electron chi connectivity index (χ0n) is 22.2. The van der Waals surface area contributed by atoms with Crippen molar-refractivity contribution in [2.75, 3.05) is 32.1 Å². The first-order chi connectivity index (χ1) is 19.4. The number of carbonyl (C=O) groups excluding carboxylic acids is 1. The molecule has 4 aromatic rings. The maximum Gasteiger partial charge on any atom is 0.266 e. The molecule has 3 aromatic carbocycles. The molecular formula is C31H24N6O3. The molecule has 0 N–H and O–H groups in total. The van der Waals surface area contributed by atoms with Crippen molar-refractivity contribution in [3.05, 3.63) is 94.0 Å². The smallest absolute Gasteiger partial charge is 0.266 e. The molecule has 1 saturated heterocycles. The highest BCUT2D eigenvalue weighted by Gasteiger charge is 2.81. The molecular weight excluding hydrogens is 504 g/mol. The van der Waals surface area contributed by atoms with Crippen LogP contribution in [0.3, 0.4) is 0 Å². The number of aromatic nitrogens is 2. The lowest BCUT2D eigenvalue weighted by atomic mass is 9.55. The van der Waals surface area contributed by atoms with Gasteiger partial charge in [-0.1, -0.05) is 30.3 Å². The number of rotatable bonds is 2. The van der Waals surface area contributed by atoms with Crippen molar-refractivity contribution in [3.8, 4) is 23.6 Å². The van der Waals surface area contributed by atoms with Gasteiger partial charge in [0.25, 0.3) is 5.56 Å². The number of amides is 1. The van der Waals surface area contributed by atoms with Crippen LogP contribution in [0.5, 0.6) is 5.75 Å². The van der Waals surface area contributed by atoms with E-state index in [2.05, 4.69) is 12.1 Å². The van der Waals surface area contributed by atoms with Crippen LogP contribution in [-0.2, 0) is 15.7 Å². The molecule has 196 valence electrons. The highest BCUT2D eigenvalue weighted by Crippen LogP contribution is 2.68. The first-order valence-corrected chi connectivity index (χ1v) is 13.0. The predicted octanol–water partition coefficient (Wildman–Crippen LogP) is 3.23. The van der Waals surface area contributed by atoms with E-state index in [1.54, 1.807) is 54.4 Å². The van der Waals surface area contributed by atoms with E-state index in [4.69, 9.17) is 9.72 Å². The fourth-order valence-electron chi connectivity index (χ4n) is 7.51. The fraction of sp³-hybridized carbons (Fsp3) is 0.258. The molecule has 1 amide bonds. The summed E-state index contributed by atoms with van der Waals surface area (Å²) < 4.78 is 7.08. The van der Waals surface area contributed by atoms with Gasteiger partial charge in [0.05, 0.1) is 35.8 Å². The van der Waals surface area contributed by atoms with E-state index >= 15 is 0 Å². The summed E-state index contributed by atoms with van der Waals surface area (Å²) in [6, 6.07) is 24.4. The monoisotopic (exact) mass is 528 g/mol. The van der Waals surface area contributed by atoms with Gasteiger partial charge in [-0.2, -0.15) is 10.5 Å². The summed E-state index contributed by atoms with van der Waals surface area (Å²) in [5, 5.41) is 22.9. The number of hydrogen-bond acceptors (Lipinski definition) is 7. The van der Waals surface area contributed by atoms with E-state index in [0.717, 1.165) is 0 Å². The maximum absolute atomic E-state index is 14.5. The molecule has 0 radical (unpaired) electrons. The summed E-state index contributed by atoms with van der Waals surface area (Å²) >= 11 is 0. The summed E-state index contributed by atoms with van der Waals surface area (Å²) in [7, 11) is 3.33. The van der Waals surface area contributed by atoms with E-state index in [1.807, 2.05) is 36.1 Å². The van der Waals surface area contributed by atoms with Crippen LogP contribution in [-0.4, -0.2) is 47.6 Å². The van der Waals surface area contributed by atoms with Gasteiger partial charge in [-0.25, -0.2) is 4.98 Å². The molecule has 1 aromatic heterocycles. The predicted molar refractivity (Wildman–Crippen MR) is 147 cm³/mol. The van der Waals surface area contributed by atoms with Crippen molar-refractivity contribution in [1.29, 1.82) is 10.5 Å². The highest BCUT2D eigenvalue weighted by molar-refractivity contribution is 6.10. The zero-order chi connectivity index (χ0) is 28.0. The van der Waals surface area contributed by atoms with E-state index in [-0.39, 0.29) is 23.8 Å². The van der Waals surface area contributed by atoms with Crippen molar-refractivity contribution in [1.82, 2.24) is 14.5 Å². The molecule has 3 aliphatic heterocycles. The van der Waals surface area contributed by atoms with Crippen molar-refractivity contribution in [2.45, 2.75) is 17.9 Å². The minimum Gasteiger partial charge on any atom is -0.497 e. The second-order valence-electron chi connectivity index (χ2n) is 10.5. The summed E-state index contributed by atoms with van der Waals surface area (Å²) in [6.45, 7) is 2.32. The van der Waals surface area contributed by atoms with Crippen molar-refractivity contribution >= 4 is 22.5 Å². The van der Waals surface area contributed by atoms with Crippen LogP contribution >= 0.6 is 0 Å². The molecule has 3 aliphatic rings. The van der Waals surface area contributed by atoms with Gasteiger partial charge >= 0.3 is 0 Å². The molecule has 9 heteroatoms. The highest BCUT2D eigenvalue weighted by atomic mass is 16.5. The average Bonchev–Trinajstić information content (AvgIpc) is 3.51. The van der Waals surface area contributed by atoms with E-state index < -0.39 is 16.4 Å². The van der Waals surface area contributed by atoms with Gasteiger partial charge in [0.1, 0.15) is 22.5 Å². The lowest BCUT2D eigenvalue weighted by molar-refractivity contribution is -0.124. The van der Waals surface area contributed by atoms with E-state index in [9.17, 15) is 20.1 Å². The summed E-state index contributed by atoms with van der Waals surface area (Å²) in [5.74, 6) is 0.423. The molecule has 4 heterocycles. The molecule has 2 spiro atoms. The van der Waals surface area contributed by atoms with Gasteiger partial charge in [-0.15, -0.1) is 0 Å². The molecule has 0 bridgehead atoms. The molecule has 2 atom stereocenters. The number of methoxy groups -OCH3 is 1. The van der Waals surface area contributed by atoms with Crippen LogP contribution in [0.4, 0.5) is 5.69 Å². The zero-order valence-corrected chi connectivity index (χ0v) is 22.2. The van der Waals surface area contributed by atoms with Gasteiger partial charge in [0, 0.05) is 24.3 Å². The normalized spacial score (nSPS) is 23.7. The number of carbonyl (C=O) groups is 1. The number of likely N-dealkylation sites (tertiary alicyclic amines) is 1. The SMILES string of the molecule is CCN1C(=O)[C@@]2(CN(C)C3(c4cc(OC)ccc4-n4c3nc3ccccc3c4=O)C2(C#N)C#N)c2ccccc21. The number of nitriles is 2. The van der Waals surface area contributed by atoms with Gasteiger partial charge < -0.3 is 9.64 Å². The van der Waals surface area contributed by atoms with Crippen LogP contribution in [0.2, 0.25) is 0 Å². The van der Waals surface area contributed by atoms with Crippen LogP contribution < -0.4 is 15.2 Å². The minimum atomic E-state index is -2.01. The Kier molecular flexibility index (Phi) is 4.68. The van der Waals surface area contributed by atoms with Crippen LogP contribution in [0.1, 0.15) is 23.9 Å². The minimum absolute atomic E-state index is 0.0693. The largest absolute Gasteiger partial charge is 0.497 e. The first kappa shape index (κ1) is 24.1. The number of anilines is 1. The van der Waals surface area contributed by atoms with E-state index in [0.29, 0.717) is 45.7 Å². The van der Waals surface area contributed by atoms with Gasteiger partial charge in [0.2, 0.25) is 5.91 Å². The quantitative estimate of drug-likeness (QED) is 0.392. The molecule has 7 rings (SSSR count). The third kappa shape index (κ3) is 2.31. The van der Waals surface area contributed by atoms with E-state index in [1.165, 1.54) is 11.7 Å². The Bertz CT molecular complexity index is 1920. The number of ether oxygens (including phenoxy) is 1. The lowest BCUT2D eigenvalue weighted by Crippen LogP contribution is -2.57. The lowest BCUT2D eigenvalue weighted by Gasteiger charge is -2.41. The molecule has 1 fully saturated rings. The van der Waals surface area contributed by atoms with Gasteiger partial charge in [0.15, 0.2) is 5.41 Å². The number of nitrogens with zero attached hydrogens (tertiary/aromatic N) is 6. The first-order valence-electron chi connectivity index (χ1n) is 13.0. The average molecular weight is 529 g/mol. The summed E-state index contributed by atoms with van der Waals surface area (Å²) in [5.41, 5.74) is -2.65. The summed E-state index contributed by atoms with van der Waals surface area (Å²) in [6.07, 6.45) is 0. The van der Waals surface area contributed by atoms with Crippen molar-refractivity contribution < 1.29 is 9.53 Å². The fourth-order valence-corrected chi connectivity index (χ4v) is 7.51. The van der Waals surface area contributed by atoms with Crippen molar-refractivity contribution in [2.24, 2.45) is 5.41 Å². The Hall–Kier alpha value is -4.99. The Morgan fingerprint density at radius 3 is 2.42 bits per heavy atom. The van der Waals surface area contributed by atoms with Gasteiger partial charge in [-0.3, -0.25) is 19.1 Å². The van der Waals surface area contributed by atoms with Crippen molar-refractivity contribution in [3.63, 3.8) is 0 Å². The topological polar surface area (TPSA) is 115 Å². The van der Waals surface area contributed by atoms with Crippen LogP contribution in [0.15, 0.2) is 71.5 Å². The molecule has 40 heavy (non-hydrogen) atoms. The number of benzene rings is 3. The summed E-state index contributed by atoms with van der Waals surface area (Å²) in [4.78, 5) is 37.1. The van der Waals surface area contributed by atoms with Crippen LogP contribution in [0, 0.1) is 28.1 Å². The van der Waals surface area contributed by atoms with Crippen LogP contribution in [0.25, 0.3) is 16.6 Å². The van der Waals surface area contributed by atoms with Gasteiger partial charge in [-0.05, 0) is 55.9 Å².